The first-order valence-electron chi connectivity index (χ1n) is 5.45. The van der Waals surface area contributed by atoms with Crippen molar-refractivity contribution in [3.05, 3.63) is 52.0 Å². The number of carbonyl (C=O) groups is 1. The maximum Gasteiger partial charge on any atom is 0.251 e. The van der Waals surface area contributed by atoms with Crippen LogP contribution >= 0.6 is 11.3 Å². The van der Waals surface area contributed by atoms with Gasteiger partial charge in [0.15, 0.2) is 5.84 Å². The number of hydrogen-bond donors (Lipinski definition) is 3. The molecule has 0 aliphatic carbocycles. The summed E-state index contributed by atoms with van der Waals surface area (Å²) in [5, 5.41) is 16.9. The van der Waals surface area contributed by atoms with Gasteiger partial charge in [-0.1, -0.05) is 17.3 Å². The lowest BCUT2D eigenvalue weighted by Gasteiger charge is -2.05. The van der Waals surface area contributed by atoms with Crippen molar-refractivity contribution in [3.8, 4) is 0 Å². The van der Waals surface area contributed by atoms with Crippen molar-refractivity contribution < 1.29 is 10.0 Å². The summed E-state index contributed by atoms with van der Waals surface area (Å²) in [6.07, 6.45) is 1.69. The minimum atomic E-state index is -0.234. The van der Waals surface area contributed by atoms with E-state index in [0.717, 1.165) is 5.01 Å². The number of amidine groups is 1. The van der Waals surface area contributed by atoms with Crippen LogP contribution in [-0.4, -0.2) is 21.9 Å². The van der Waals surface area contributed by atoms with E-state index in [1.165, 1.54) is 11.3 Å². The standard InChI is InChI=1S/C12H12N4O2S/c13-11(16-18)8-2-1-3-9(6-8)12(17)15-7-10-14-4-5-19-10/h1-6,18H,7H2,(H2,13,16)(H,15,17). The Bertz CT molecular complexity index is 596. The van der Waals surface area contributed by atoms with E-state index in [4.69, 9.17) is 10.9 Å². The summed E-state index contributed by atoms with van der Waals surface area (Å²) in [5.41, 5.74) is 6.41. The van der Waals surface area contributed by atoms with Gasteiger partial charge in [-0.2, -0.15) is 0 Å². The molecular weight excluding hydrogens is 264 g/mol. The van der Waals surface area contributed by atoms with Gasteiger partial charge in [-0.3, -0.25) is 4.79 Å². The molecule has 6 nitrogen and oxygen atoms in total. The van der Waals surface area contributed by atoms with Crippen molar-refractivity contribution in [2.75, 3.05) is 0 Å². The molecule has 0 saturated heterocycles. The molecule has 0 atom stereocenters. The summed E-state index contributed by atoms with van der Waals surface area (Å²) in [6.45, 7) is 0.379. The third-order valence-electron chi connectivity index (χ3n) is 2.41. The van der Waals surface area contributed by atoms with E-state index < -0.39 is 0 Å². The number of aromatic nitrogens is 1. The number of nitrogens with two attached hydrogens (primary N) is 1. The Balaban J connectivity index is 2.07. The number of hydrogen-bond acceptors (Lipinski definition) is 5. The fraction of sp³-hybridized carbons (Fsp3) is 0.0833. The smallest absolute Gasteiger partial charge is 0.251 e. The van der Waals surface area contributed by atoms with Crippen LogP contribution < -0.4 is 11.1 Å². The molecule has 0 bridgehead atoms. The van der Waals surface area contributed by atoms with Crippen LogP contribution in [-0.2, 0) is 6.54 Å². The van der Waals surface area contributed by atoms with Gasteiger partial charge in [-0.25, -0.2) is 4.98 Å². The lowest BCUT2D eigenvalue weighted by atomic mass is 10.1. The minimum absolute atomic E-state index is 0.0328. The normalized spacial score (nSPS) is 11.3. The second kappa shape index (κ2) is 5.96. The van der Waals surface area contributed by atoms with E-state index in [2.05, 4.69) is 15.5 Å². The van der Waals surface area contributed by atoms with Gasteiger partial charge in [-0.15, -0.1) is 11.3 Å². The molecule has 1 aromatic heterocycles. The lowest BCUT2D eigenvalue weighted by molar-refractivity contribution is 0.0951. The highest BCUT2D eigenvalue weighted by atomic mass is 32.1. The van der Waals surface area contributed by atoms with Gasteiger partial charge in [0.25, 0.3) is 5.91 Å². The molecule has 19 heavy (non-hydrogen) atoms. The number of rotatable bonds is 4. The second-order valence-electron chi connectivity index (χ2n) is 3.67. The van der Waals surface area contributed by atoms with Gasteiger partial charge >= 0.3 is 0 Å². The van der Waals surface area contributed by atoms with E-state index in [-0.39, 0.29) is 11.7 Å². The summed E-state index contributed by atoms with van der Waals surface area (Å²) < 4.78 is 0. The Morgan fingerprint density at radius 2 is 2.26 bits per heavy atom. The Kier molecular flexibility index (Phi) is 4.09. The van der Waals surface area contributed by atoms with Crippen molar-refractivity contribution >= 4 is 23.1 Å². The zero-order valence-electron chi connectivity index (χ0n) is 9.91. The number of oxime groups is 1. The molecule has 1 heterocycles. The molecular formula is C12H12N4O2S. The van der Waals surface area contributed by atoms with Crippen molar-refractivity contribution in [2.24, 2.45) is 10.9 Å². The first kappa shape index (κ1) is 13.0. The second-order valence-corrected chi connectivity index (χ2v) is 4.65. The van der Waals surface area contributed by atoms with Crippen molar-refractivity contribution in [3.63, 3.8) is 0 Å². The highest BCUT2D eigenvalue weighted by molar-refractivity contribution is 7.09. The predicted octanol–water partition coefficient (Wildman–Crippen LogP) is 1.17. The number of amides is 1. The van der Waals surface area contributed by atoms with Gasteiger partial charge in [0.05, 0.1) is 6.54 Å². The average Bonchev–Trinajstić information content (AvgIpc) is 2.97. The van der Waals surface area contributed by atoms with Gasteiger partial charge in [0.2, 0.25) is 0 Å². The third kappa shape index (κ3) is 3.29. The molecule has 7 heteroatoms. The van der Waals surface area contributed by atoms with E-state index >= 15 is 0 Å². The van der Waals surface area contributed by atoms with Crippen molar-refractivity contribution in [1.29, 1.82) is 0 Å². The largest absolute Gasteiger partial charge is 0.409 e. The van der Waals surface area contributed by atoms with Gasteiger partial charge in [0.1, 0.15) is 5.01 Å². The molecule has 98 valence electrons. The SMILES string of the molecule is NC(=NO)c1cccc(C(=O)NCc2nccs2)c1. The summed E-state index contributed by atoms with van der Waals surface area (Å²) >= 11 is 1.47. The van der Waals surface area contributed by atoms with Crippen LogP contribution in [0.2, 0.25) is 0 Å². The summed E-state index contributed by atoms with van der Waals surface area (Å²) in [7, 11) is 0. The quantitative estimate of drug-likeness (QED) is 0.338. The molecule has 2 rings (SSSR count). The highest BCUT2D eigenvalue weighted by Crippen LogP contribution is 2.07. The summed E-state index contributed by atoms with van der Waals surface area (Å²) in [6, 6.07) is 6.55. The predicted molar refractivity (Wildman–Crippen MR) is 72.2 cm³/mol. The summed E-state index contributed by atoms with van der Waals surface area (Å²) in [5.74, 6) is -0.266. The van der Waals surface area contributed by atoms with Crippen LogP contribution in [0.4, 0.5) is 0 Å². The zero-order valence-corrected chi connectivity index (χ0v) is 10.7. The first-order chi connectivity index (χ1) is 9.20. The fourth-order valence-corrected chi connectivity index (χ4v) is 2.03. The molecule has 0 fully saturated rings. The molecule has 4 N–H and O–H groups in total. The van der Waals surface area contributed by atoms with Crippen molar-refractivity contribution in [1.82, 2.24) is 10.3 Å². The monoisotopic (exact) mass is 276 g/mol. The first-order valence-corrected chi connectivity index (χ1v) is 6.33. The fourth-order valence-electron chi connectivity index (χ4n) is 1.48. The molecule has 1 aromatic carbocycles. The van der Waals surface area contributed by atoms with E-state index in [9.17, 15) is 4.79 Å². The van der Waals surface area contributed by atoms with Crippen LogP contribution in [0.15, 0.2) is 41.0 Å². The Hall–Kier alpha value is -2.41. The van der Waals surface area contributed by atoms with Crippen LogP contribution in [0.5, 0.6) is 0 Å². The molecule has 0 radical (unpaired) electrons. The zero-order chi connectivity index (χ0) is 13.7. The number of nitrogens with one attached hydrogen (secondary N) is 1. The molecule has 2 aromatic rings. The number of carbonyl (C=O) groups excluding carboxylic acids is 1. The van der Waals surface area contributed by atoms with Crippen LogP contribution in [0.25, 0.3) is 0 Å². The number of nitrogens with zero attached hydrogens (tertiary/aromatic N) is 2. The average molecular weight is 276 g/mol. The molecule has 0 aliphatic rings. The Morgan fingerprint density at radius 1 is 1.47 bits per heavy atom. The topological polar surface area (TPSA) is 101 Å². The molecule has 1 amide bonds. The van der Waals surface area contributed by atoms with Crippen LogP contribution in [0.3, 0.4) is 0 Å². The molecule has 0 unspecified atom stereocenters. The Morgan fingerprint density at radius 3 is 2.95 bits per heavy atom. The van der Waals surface area contributed by atoms with Gasteiger partial charge < -0.3 is 16.3 Å². The summed E-state index contributed by atoms with van der Waals surface area (Å²) in [4.78, 5) is 16.0. The van der Waals surface area contributed by atoms with Crippen LogP contribution in [0.1, 0.15) is 20.9 Å². The highest BCUT2D eigenvalue weighted by Gasteiger charge is 2.08. The lowest BCUT2D eigenvalue weighted by Crippen LogP contribution is -2.23. The van der Waals surface area contributed by atoms with E-state index in [1.807, 2.05) is 5.38 Å². The third-order valence-corrected chi connectivity index (χ3v) is 3.19. The molecule has 0 spiro atoms. The van der Waals surface area contributed by atoms with Crippen LogP contribution in [0, 0.1) is 0 Å². The van der Waals surface area contributed by atoms with E-state index in [1.54, 1.807) is 30.5 Å². The van der Waals surface area contributed by atoms with Gasteiger partial charge in [0, 0.05) is 22.7 Å². The molecule has 0 saturated carbocycles. The minimum Gasteiger partial charge on any atom is -0.409 e. The van der Waals surface area contributed by atoms with E-state index in [0.29, 0.717) is 17.7 Å². The maximum atomic E-state index is 11.9. The Labute approximate surface area is 113 Å². The van der Waals surface area contributed by atoms with Gasteiger partial charge in [-0.05, 0) is 12.1 Å². The van der Waals surface area contributed by atoms with Crippen molar-refractivity contribution in [2.45, 2.75) is 6.54 Å². The maximum absolute atomic E-state index is 11.9. The molecule has 0 aliphatic heterocycles. The number of thiazole rings is 1. The number of benzene rings is 1.